The van der Waals surface area contributed by atoms with Crippen molar-refractivity contribution in [1.82, 2.24) is 19.4 Å². The molecule has 1 amide bonds. The molecule has 2 fully saturated rings. The van der Waals surface area contributed by atoms with Crippen molar-refractivity contribution >= 4 is 27.5 Å². The number of hydrogen-bond acceptors (Lipinski definition) is 6. The number of benzene rings is 2. The minimum absolute atomic E-state index is 0.0983. The maximum absolute atomic E-state index is 13.2. The number of hydrogen-bond donors (Lipinski definition) is 0. The summed E-state index contributed by atoms with van der Waals surface area (Å²) >= 11 is 6.21. The number of halogens is 1. The fourth-order valence-corrected chi connectivity index (χ4v) is 5.71. The number of rotatable bonds is 7. The standard InChI is InChI=1S/C23H23ClN4O4S/c24-20-6-2-1-5-19(20)22-26-25-21(32-22)15-28(17-9-10-17)23(29)16-7-11-18(12-8-16)33(30,31)27-13-3-4-14-27/h1-2,5-8,11-12,17H,3-4,9-10,13-15H2. The Morgan fingerprint density at radius 2 is 1.76 bits per heavy atom. The minimum atomic E-state index is -3.52. The van der Waals surface area contributed by atoms with Crippen molar-refractivity contribution in [2.24, 2.45) is 0 Å². The summed E-state index contributed by atoms with van der Waals surface area (Å²) in [5.74, 6) is 0.425. The molecule has 0 unspecified atom stereocenters. The molecule has 2 aromatic carbocycles. The number of sulfonamides is 1. The molecule has 0 atom stereocenters. The third-order valence-corrected chi connectivity index (χ3v) is 8.17. The number of carbonyl (C=O) groups is 1. The largest absolute Gasteiger partial charge is 0.419 e. The molecular formula is C23H23ClN4O4S. The molecule has 2 aliphatic rings. The smallest absolute Gasteiger partial charge is 0.254 e. The fraction of sp³-hybridized carbons (Fsp3) is 0.348. The van der Waals surface area contributed by atoms with Crippen LogP contribution in [0.15, 0.2) is 57.8 Å². The average molecular weight is 487 g/mol. The van der Waals surface area contributed by atoms with Crippen molar-refractivity contribution in [3.63, 3.8) is 0 Å². The van der Waals surface area contributed by atoms with Gasteiger partial charge in [0.25, 0.3) is 5.91 Å². The van der Waals surface area contributed by atoms with Gasteiger partial charge in [-0.05, 0) is 62.1 Å². The monoisotopic (exact) mass is 486 g/mol. The van der Waals surface area contributed by atoms with Gasteiger partial charge in [0.2, 0.25) is 21.8 Å². The van der Waals surface area contributed by atoms with Gasteiger partial charge in [-0.25, -0.2) is 8.42 Å². The normalized spacial score (nSPS) is 16.8. The minimum Gasteiger partial charge on any atom is -0.419 e. The molecule has 1 aromatic heterocycles. The van der Waals surface area contributed by atoms with E-state index < -0.39 is 10.0 Å². The highest BCUT2D eigenvalue weighted by Crippen LogP contribution is 2.31. The van der Waals surface area contributed by atoms with Crippen molar-refractivity contribution in [1.29, 1.82) is 0 Å². The summed E-state index contributed by atoms with van der Waals surface area (Å²) < 4.78 is 32.8. The highest BCUT2D eigenvalue weighted by Gasteiger charge is 2.35. The Balaban J connectivity index is 1.33. The molecular weight excluding hydrogens is 464 g/mol. The van der Waals surface area contributed by atoms with E-state index in [-0.39, 0.29) is 23.4 Å². The third kappa shape index (κ3) is 4.53. The van der Waals surface area contributed by atoms with E-state index in [9.17, 15) is 13.2 Å². The highest BCUT2D eigenvalue weighted by molar-refractivity contribution is 7.89. The second-order valence-electron chi connectivity index (χ2n) is 8.28. The van der Waals surface area contributed by atoms with E-state index in [1.165, 1.54) is 16.4 Å². The van der Waals surface area contributed by atoms with Gasteiger partial charge < -0.3 is 9.32 Å². The molecule has 0 bridgehead atoms. The maximum atomic E-state index is 13.2. The van der Waals surface area contributed by atoms with Crippen LogP contribution in [0.2, 0.25) is 5.02 Å². The average Bonchev–Trinajstić information content (AvgIpc) is 3.30. The number of nitrogens with zero attached hydrogens (tertiary/aromatic N) is 4. The first-order chi connectivity index (χ1) is 15.9. The van der Waals surface area contributed by atoms with Gasteiger partial charge in [-0.2, -0.15) is 4.31 Å². The van der Waals surface area contributed by atoms with Crippen LogP contribution in [0, 0.1) is 0 Å². The SMILES string of the molecule is O=C(c1ccc(S(=O)(=O)N2CCCC2)cc1)N(Cc1nnc(-c2ccccc2Cl)o1)C1CC1. The quantitative estimate of drug-likeness (QED) is 0.501. The van der Waals surface area contributed by atoms with Gasteiger partial charge in [0.1, 0.15) is 0 Å². The summed E-state index contributed by atoms with van der Waals surface area (Å²) in [6, 6.07) is 13.4. The summed E-state index contributed by atoms with van der Waals surface area (Å²) in [5.41, 5.74) is 1.06. The molecule has 5 rings (SSSR count). The van der Waals surface area contributed by atoms with Crippen molar-refractivity contribution in [2.75, 3.05) is 13.1 Å². The lowest BCUT2D eigenvalue weighted by atomic mass is 10.2. The predicted octanol–water partition coefficient (Wildman–Crippen LogP) is 3.98. The van der Waals surface area contributed by atoms with Crippen molar-refractivity contribution in [2.45, 2.75) is 43.2 Å². The maximum Gasteiger partial charge on any atom is 0.254 e. The molecule has 1 aliphatic carbocycles. The second-order valence-corrected chi connectivity index (χ2v) is 10.6. The van der Waals surface area contributed by atoms with Crippen LogP contribution in [-0.4, -0.2) is 52.9 Å². The van der Waals surface area contributed by atoms with Crippen LogP contribution in [0.3, 0.4) is 0 Å². The molecule has 1 saturated heterocycles. The topological polar surface area (TPSA) is 96.6 Å². The van der Waals surface area contributed by atoms with Gasteiger partial charge in [-0.15, -0.1) is 10.2 Å². The molecule has 172 valence electrons. The highest BCUT2D eigenvalue weighted by atomic mass is 35.5. The van der Waals surface area contributed by atoms with Gasteiger partial charge in [0, 0.05) is 24.7 Å². The molecule has 1 aliphatic heterocycles. The van der Waals surface area contributed by atoms with Gasteiger partial charge in [-0.3, -0.25) is 4.79 Å². The Bertz CT molecular complexity index is 1270. The van der Waals surface area contributed by atoms with E-state index in [2.05, 4.69) is 10.2 Å². The van der Waals surface area contributed by atoms with E-state index >= 15 is 0 Å². The first kappa shape index (κ1) is 22.1. The molecule has 0 spiro atoms. The van der Waals surface area contributed by atoms with Crippen molar-refractivity contribution in [3.8, 4) is 11.5 Å². The van der Waals surface area contributed by atoms with Gasteiger partial charge in [-0.1, -0.05) is 23.7 Å². The molecule has 8 nitrogen and oxygen atoms in total. The first-order valence-corrected chi connectivity index (χ1v) is 12.7. The fourth-order valence-electron chi connectivity index (χ4n) is 3.97. The molecule has 33 heavy (non-hydrogen) atoms. The summed E-state index contributed by atoms with van der Waals surface area (Å²) in [7, 11) is -3.52. The van der Waals surface area contributed by atoms with Crippen LogP contribution >= 0.6 is 11.6 Å². The summed E-state index contributed by atoms with van der Waals surface area (Å²) in [5, 5.41) is 8.68. The van der Waals surface area contributed by atoms with Crippen LogP contribution in [0.25, 0.3) is 11.5 Å². The third-order valence-electron chi connectivity index (χ3n) is 5.93. The predicted molar refractivity (Wildman–Crippen MR) is 122 cm³/mol. The Hall–Kier alpha value is -2.75. The van der Waals surface area contributed by atoms with Crippen molar-refractivity contribution in [3.05, 3.63) is 65.0 Å². The Labute approximate surface area is 197 Å². The van der Waals surface area contributed by atoms with E-state index in [1.54, 1.807) is 29.2 Å². The van der Waals surface area contributed by atoms with Gasteiger partial charge >= 0.3 is 0 Å². The van der Waals surface area contributed by atoms with Crippen molar-refractivity contribution < 1.29 is 17.6 Å². The van der Waals surface area contributed by atoms with E-state index in [1.807, 2.05) is 12.1 Å². The Morgan fingerprint density at radius 3 is 2.42 bits per heavy atom. The Kier molecular flexibility index (Phi) is 5.94. The van der Waals surface area contributed by atoms with Crippen LogP contribution in [0.4, 0.5) is 0 Å². The first-order valence-electron chi connectivity index (χ1n) is 10.9. The van der Waals surface area contributed by atoms with E-state index in [0.29, 0.717) is 41.0 Å². The zero-order valence-corrected chi connectivity index (χ0v) is 19.4. The van der Waals surface area contributed by atoms with E-state index in [4.69, 9.17) is 16.0 Å². The number of carbonyl (C=O) groups excluding carboxylic acids is 1. The lowest BCUT2D eigenvalue weighted by Crippen LogP contribution is -2.33. The van der Waals surface area contributed by atoms with Crippen LogP contribution < -0.4 is 0 Å². The summed E-state index contributed by atoms with van der Waals surface area (Å²) in [6.07, 6.45) is 3.55. The number of aromatic nitrogens is 2. The molecule has 10 heteroatoms. The van der Waals surface area contributed by atoms with Gasteiger partial charge in [0.05, 0.1) is 22.0 Å². The van der Waals surface area contributed by atoms with Crippen LogP contribution in [0.5, 0.6) is 0 Å². The summed E-state index contributed by atoms with van der Waals surface area (Å²) in [4.78, 5) is 15.1. The summed E-state index contributed by atoms with van der Waals surface area (Å²) in [6.45, 7) is 1.26. The molecule has 1 saturated carbocycles. The molecule has 2 heterocycles. The lowest BCUT2D eigenvalue weighted by Gasteiger charge is -2.21. The molecule has 0 radical (unpaired) electrons. The second kappa shape index (κ2) is 8.89. The van der Waals surface area contributed by atoms with E-state index in [0.717, 1.165) is 25.7 Å². The Morgan fingerprint density at radius 1 is 1.06 bits per heavy atom. The number of amides is 1. The van der Waals surface area contributed by atoms with Gasteiger partial charge in [0.15, 0.2) is 0 Å². The van der Waals surface area contributed by atoms with Crippen LogP contribution in [-0.2, 0) is 16.6 Å². The lowest BCUT2D eigenvalue weighted by molar-refractivity contribution is 0.0714. The zero-order valence-electron chi connectivity index (χ0n) is 17.9. The molecule has 0 N–H and O–H groups in total. The van der Waals surface area contributed by atoms with Crippen LogP contribution in [0.1, 0.15) is 41.9 Å². The molecule has 3 aromatic rings. The zero-order chi connectivity index (χ0) is 23.0.